The number of methoxy groups -OCH3 is 1. The monoisotopic (exact) mass is 400 g/mol. The third-order valence-corrected chi connectivity index (χ3v) is 3.57. The number of carbonyl (C=O) groups excluding carboxylic acids is 1. The van der Waals surface area contributed by atoms with Gasteiger partial charge in [0.2, 0.25) is 0 Å². The first-order valence-corrected chi connectivity index (χ1v) is 8.47. The van der Waals surface area contributed by atoms with E-state index in [0.717, 1.165) is 0 Å². The minimum atomic E-state index is -0.723. The van der Waals surface area contributed by atoms with Crippen LogP contribution in [-0.4, -0.2) is 36.4 Å². The minimum Gasteiger partial charge on any atom is -0.510 e. The van der Waals surface area contributed by atoms with Crippen molar-refractivity contribution in [2.45, 2.75) is 6.92 Å². The van der Waals surface area contributed by atoms with Crippen LogP contribution < -0.4 is 14.8 Å². The molecule has 0 aliphatic carbocycles. The molecule has 2 aromatic carbocycles. The van der Waals surface area contributed by atoms with Gasteiger partial charge < -0.3 is 25.0 Å². The highest BCUT2D eigenvalue weighted by Gasteiger charge is 2.16. The number of benzene rings is 2. The summed E-state index contributed by atoms with van der Waals surface area (Å²) in [5, 5.41) is 31.9. The Balaban J connectivity index is 2.25. The normalized spacial score (nSPS) is 11.7. The number of aliphatic hydroxyl groups excluding tert-OH is 2. The summed E-state index contributed by atoms with van der Waals surface area (Å²) >= 11 is 0. The predicted molar refractivity (Wildman–Crippen MR) is 106 cm³/mol. The van der Waals surface area contributed by atoms with Gasteiger partial charge in [-0.1, -0.05) is 12.1 Å². The van der Waals surface area contributed by atoms with Crippen LogP contribution in [0.5, 0.6) is 11.5 Å². The van der Waals surface area contributed by atoms with Crippen molar-refractivity contribution in [3.05, 3.63) is 58.8 Å². The lowest BCUT2D eigenvalue weighted by molar-refractivity contribution is -0.113. The molecule has 10 nitrogen and oxygen atoms in total. The number of aliphatic hydroxyl groups is 2. The number of para-hydroxylation sites is 2. The van der Waals surface area contributed by atoms with Crippen LogP contribution in [0.25, 0.3) is 0 Å². The number of carbonyl (C=O) groups is 1. The number of ether oxygens (including phenoxy) is 2. The number of anilines is 1. The van der Waals surface area contributed by atoms with Gasteiger partial charge in [0.25, 0.3) is 5.91 Å². The number of hydrogen-bond acceptors (Lipinski definition) is 9. The summed E-state index contributed by atoms with van der Waals surface area (Å²) in [7, 11) is 1.38. The van der Waals surface area contributed by atoms with Gasteiger partial charge in [-0.15, -0.1) is 15.1 Å². The van der Waals surface area contributed by atoms with Crippen molar-refractivity contribution in [3.8, 4) is 11.5 Å². The van der Waals surface area contributed by atoms with E-state index in [1.807, 2.05) is 0 Å². The predicted octanol–water partition coefficient (Wildman–Crippen LogP) is 3.98. The number of allylic oxidation sites excluding steroid dienone is 1. The van der Waals surface area contributed by atoms with Crippen molar-refractivity contribution in [3.63, 3.8) is 0 Å². The Kier molecular flexibility index (Phi) is 7.80. The van der Waals surface area contributed by atoms with Gasteiger partial charge in [0.05, 0.1) is 19.4 Å². The van der Waals surface area contributed by atoms with Crippen molar-refractivity contribution in [1.82, 2.24) is 0 Å². The van der Waals surface area contributed by atoms with E-state index in [1.165, 1.54) is 32.2 Å². The Morgan fingerprint density at radius 1 is 1.17 bits per heavy atom. The summed E-state index contributed by atoms with van der Waals surface area (Å²) in [6, 6.07) is 10.8. The summed E-state index contributed by atoms with van der Waals surface area (Å²) in [4.78, 5) is 23.2. The fourth-order valence-electron chi connectivity index (χ4n) is 2.22. The molecule has 0 saturated carbocycles. The van der Waals surface area contributed by atoms with E-state index in [9.17, 15) is 14.8 Å². The molecule has 0 radical (unpaired) electrons. The van der Waals surface area contributed by atoms with E-state index in [-0.39, 0.29) is 41.8 Å². The summed E-state index contributed by atoms with van der Waals surface area (Å²) in [5.74, 6) is -0.506. The average molecular weight is 400 g/mol. The largest absolute Gasteiger partial charge is 0.510 e. The van der Waals surface area contributed by atoms with Crippen LogP contribution in [0, 0.1) is 4.91 Å². The minimum absolute atomic E-state index is 0.0553. The average Bonchev–Trinajstić information content (AvgIpc) is 2.73. The van der Waals surface area contributed by atoms with Crippen LogP contribution in [0.2, 0.25) is 0 Å². The lowest BCUT2D eigenvalue weighted by Gasteiger charge is -2.12. The molecule has 10 heteroatoms. The van der Waals surface area contributed by atoms with Crippen molar-refractivity contribution < 1.29 is 24.5 Å². The number of nitrogens with zero attached hydrogens (tertiary/aromatic N) is 3. The zero-order valence-corrected chi connectivity index (χ0v) is 15.8. The molecule has 0 saturated heterocycles. The van der Waals surface area contributed by atoms with Crippen molar-refractivity contribution in [2.24, 2.45) is 15.4 Å². The Morgan fingerprint density at radius 2 is 1.93 bits per heavy atom. The fourth-order valence-corrected chi connectivity index (χ4v) is 2.22. The maximum absolute atomic E-state index is 12.6. The lowest BCUT2D eigenvalue weighted by atomic mass is 10.2. The van der Waals surface area contributed by atoms with E-state index in [1.54, 1.807) is 24.3 Å². The Morgan fingerprint density at radius 3 is 2.59 bits per heavy atom. The molecule has 0 aliphatic rings. The number of nitroso groups, excluding NO2 is 1. The molecule has 0 aliphatic heterocycles. The quantitative estimate of drug-likeness (QED) is 0.251. The van der Waals surface area contributed by atoms with Gasteiger partial charge in [0.15, 0.2) is 5.70 Å². The molecule has 0 heterocycles. The Labute approximate surface area is 166 Å². The second-order valence-corrected chi connectivity index (χ2v) is 5.60. The molecule has 0 spiro atoms. The van der Waals surface area contributed by atoms with Crippen molar-refractivity contribution in [2.75, 3.05) is 25.6 Å². The van der Waals surface area contributed by atoms with Gasteiger partial charge in [0.1, 0.15) is 35.2 Å². The highest BCUT2D eigenvalue weighted by Crippen LogP contribution is 2.32. The van der Waals surface area contributed by atoms with E-state index >= 15 is 0 Å². The maximum Gasteiger partial charge on any atom is 0.279 e. The molecule has 2 rings (SSSR count). The number of nitrogens with one attached hydrogen (secondary N) is 1. The van der Waals surface area contributed by atoms with Crippen LogP contribution in [0.4, 0.5) is 17.1 Å². The van der Waals surface area contributed by atoms with Gasteiger partial charge in [-0.3, -0.25) is 4.79 Å². The second-order valence-electron chi connectivity index (χ2n) is 5.60. The standard InChI is InChI=1S/C19H20N4O6/c1-12(25)18(22-21-15-8-7-13(23-27)11-17(15)28-2)19(26)20-14-5-3-4-6-16(14)29-10-9-24/h3-8,11,24-25H,9-10H2,1-2H3,(H,20,26). The molecule has 0 bridgehead atoms. The smallest absolute Gasteiger partial charge is 0.279 e. The lowest BCUT2D eigenvalue weighted by Crippen LogP contribution is -2.16. The van der Waals surface area contributed by atoms with Crippen LogP contribution in [0.1, 0.15) is 6.92 Å². The molecule has 0 aromatic heterocycles. The maximum atomic E-state index is 12.6. The number of hydrogen-bond donors (Lipinski definition) is 3. The highest BCUT2D eigenvalue weighted by atomic mass is 16.5. The van der Waals surface area contributed by atoms with E-state index in [2.05, 4.69) is 20.7 Å². The van der Waals surface area contributed by atoms with Crippen LogP contribution in [-0.2, 0) is 4.79 Å². The van der Waals surface area contributed by atoms with Crippen LogP contribution >= 0.6 is 0 Å². The third-order valence-electron chi connectivity index (χ3n) is 3.57. The third kappa shape index (κ3) is 5.84. The van der Waals surface area contributed by atoms with Gasteiger partial charge in [-0.25, -0.2) is 0 Å². The summed E-state index contributed by atoms with van der Waals surface area (Å²) in [5.41, 5.74) is 0.380. The summed E-state index contributed by atoms with van der Waals surface area (Å²) < 4.78 is 10.5. The van der Waals surface area contributed by atoms with Gasteiger partial charge in [0, 0.05) is 6.07 Å². The number of rotatable bonds is 9. The summed E-state index contributed by atoms with van der Waals surface area (Å²) in [6.45, 7) is 1.16. The molecule has 29 heavy (non-hydrogen) atoms. The molecular weight excluding hydrogens is 380 g/mol. The van der Waals surface area contributed by atoms with E-state index < -0.39 is 5.91 Å². The van der Waals surface area contributed by atoms with Crippen molar-refractivity contribution >= 4 is 23.0 Å². The number of amides is 1. The zero-order valence-electron chi connectivity index (χ0n) is 15.8. The fraction of sp³-hybridized carbons (Fsp3) is 0.211. The van der Waals surface area contributed by atoms with Gasteiger partial charge in [-0.2, -0.15) is 0 Å². The molecule has 0 unspecified atom stereocenters. The Bertz CT molecular complexity index is 938. The molecule has 3 N–H and O–H groups in total. The van der Waals surface area contributed by atoms with Gasteiger partial charge in [-0.05, 0) is 36.4 Å². The van der Waals surface area contributed by atoms with Crippen molar-refractivity contribution in [1.29, 1.82) is 0 Å². The first kappa shape index (κ1) is 21.5. The SMILES string of the molecule is COc1cc(N=O)ccc1N=NC(C(=O)Nc1ccccc1OCCO)=C(C)O. The molecule has 1 amide bonds. The molecule has 0 atom stereocenters. The second kappa shape index (κ2) is 10.5. The molecular formula is C19H20N4O6. The van der Waals surface area contributed by atoms with Crippen LogP contribution in [0.3, 0.4) is 0 Å². The van der Waals surface area contributed by atoms with E-state index in [4.69, 9.17) is 14.6 Å². The first-order valence-electron chi connectivity index (χ1n) is 8.47. The first-order chi connectivity index (χ1) is 14.0. The topological polar surface area (TPSA) is 142 Å². The zero-order chi connectivity index (χ0) is 21.2. The van der Waals surface area contributed by atoms with E-state index in [0.29, 0.717) is 11.4 Å². The van der Waals surface area contributed by atoms with Gasteiger partial charge >= 0.3 is 0 Å². The number of azo groups is 1. The highest BCUT2D eigenvalue weighted by molar-refractivity contribution is 6.04. The molecule has 152 valence electrons. The molecule has 0 fully saturated rings. The Hall–Kier alpha value is -3.79. The van der Waals surface area contributed by atoms with Crippen LogP contribution in [0.15, 0.2) is 69.3 Å². The molecule has 2 aromatic rings. The summed E-state index contributed by atoms with van der Waals surface area (Å²) in [6.07, 6.45) is 0.